The third-order valence-corrected chi connectivity index (χ3v) is 5.95. The molecule has 1 amide bonds. The van der Waals surface area contributed by atoms with Gasteiger partial charge in [-0.25, -0.2) is 0 Å². The van der Waals surface area contributed by atoms with Gasteiger partial charge in [-0.05, 0) is 24.3 Å². The first-order valence-corrected chi connectivity index (χ1v) is 10.7. The molecule has 1 heterocycles. The fraction of sp³-hybridized carbons (Fsp3) is 0.632. The molecule has 0 bridgehead atoms. The number of benzene rings is 1. The molecule has 1 atom stereocenters. The summed E-state index contributed by atoms with van der Waals surface area (Å²) in [5.74, 6) is 0.0673. The zero-order valence-corrected chi connectivity index (χ0v) is 17.1. The second-order valence-corrected chi connectivity index (χ2v) is 7.52. The van der Waals surface area contributed by atoms with E-state index in [1.807, 2.05) is 6.26 Å². The molecule has 2 rings (SSSR count). The van der Waals surface area contributed by atoms with Crippen molar-refractivity contribution in [3.05, 3.63) is 33.9 Å². The Labute approximate surface area is 165 Å². The second-order valence-electron chi connectivity index (χ2n) is 6.64. The molecule has 0 radical (unpaired) electrons. The van der Waals surface area contributed by atoms with Crippen LogP contribution in [0.4, 0.5) is 5.69 Å². The maximum Gasteiger partial charge on any atom is 0.282 e. The van der Waals surface area contributed by atoms with Crippen LogP contribution in [0.25, 0.3) is 0 Å². The van der Waals surface area contributed by atoms with Crippen LogP contribution in [0, 0.1) is 16.0 Å². The fourth-order valence-corrected chi connectivity index (χ4v) is 4.05. The minimum Gasteiger partial charge on any atom is -0.379 e. The van der Waals surface area contributed by atoms with Gasteiger partial charge in [0, 0.05) is 36.6 Å². The van der Waals surface area contributed by atoms with Crippen molar-refractivity contribution < 1.29 is 14.5 Å². The molecular weight excluding hydrogens is 366 g/mol. The van der Waals surface area contributed by atoms with Gasteiger partial charge in [-0.15, -0.1) is 11.8 Å². The maximum atomic E-state index is 12.8. The lowest BCUT2D eigenvalue weighted by atomic mass is 9.92. The normalized spacial score (nSPS) is 16.3. The van der Waals surface area contributed by atoms with Crippen molar-refractivity contribution in [3.63, 3.8) is 0 Å². The largest absolute Gasteiger partial charge is 0.379 e. The second kappa shape index (κ2) is 10.6. The first kappa shape index (κ1) is 21.7. The van der Waals surface area contributed by atoms with Crippen LogP contribution < -0.4 is 5.32 Å². The van der Waals surface area contributed by atoms with E-state index in [1.54, 1.807) is 12.1 Å². The van der Waals surface area contributed by atoms with Crippen LogP contribution in [0.15, 0.2) is 23.1 Å². The molecular formula is C19H29N3O4S. The zero-order chi connectivity index (χ0) is 19.8. The van der Waals surface area contributed by atoms with Crippen LogP contribution in [0.2, 0.25) is 0 Å². The minimum atomic E-state index is -0.501. The maximum absolute atomic E-state index is 12.8. The van der Waals surface area contributed by atoms with Gasteiger partial charge in [0.15, 0.2) is 0 Å². The SMILES string of the molecule is CCC(CC)C(CNC(=O)c1cc(SC)ccc1[N+](=O)[O-])N1CCOCC1. The van der Waals surface area contributed by atoms with Crippen molar-refractivity contribution in [3.8, 4) is 0 Å². The average molecular weight is 396 g/mol. The van der Waals surface area contributed by atoms with Gasteiger partial charge in [-0.2, -0.15) is 0 Å². The van der Waals surface area contributed by atoms with E-state index in [-0.39, 0.29) is 23.2 Å². The van der Waals surface area contributed by atoms with E-state index in [4.69, 9.17) is 4.74 Å². The summed E-state index contributed by atoms with van der Waals surface area (Å²) in [4.78, 5) is 26.8. The summed E-state index contributed by atoms with van der Waals surface area (Å²) in [5, 5.41) is 14.3. The number of hydrogen-bond acceptors (Lipinski definition) is 6. The van der Waals surface area contributed by atoms with E-state index >= 15 is 0 Å². The van der Waals surface area contributed by atoms with Crippen LogP contribution in [0.5, 0.6) is 0 Å². The fourth-order valence-electron chi connectivity index (χ4n) is 3.61. The molecule has 1 saturated heterocycles. The molecule has 7 nitrogen and oxygen atoms in total. The number of nitro benzene ring substituents is 1. The molecule has 1 aromatic rings. The highest BCUT2D eigenvalue weighted by atomic mass is 32.2. The summed E-state index contributed by atoms with van der Waals surface area (Å²) >= 11 is 1.46. The predicted octanol–water partition coefficient (Wildman–Crippen LogP) is 3.18. The standard InChI is InChI=1S/C19H29N3O4S/c1-4-14(5-2)18(21-8-10-26-11-9-21)13-20-19(23)16-12-15(27-3)6-7-17(16)22(24)25/h6-7,12,14,18H,4-5,8-11,13H2,1-3H3,(H,20,23). The quantitative estimate of drug-likeness (QED) is 0.393. The Kier molecular flexibility index (Phi) is 8.53. The lowest BCUT2D eigenvalue weighted by Gasteiger charge is -2.38. The Morgan fingerprint density at radius 3 is 2.56 bits per heavy atom. The highest BCUT2D eigenvalue weighted by Crippen LogP contribution is 2.25. The van der Waals surface area contributed by atoms with Crippen molar-refractivity contribution in [2.75, 3.05) is 39.1 Å². The molecule has 0 aliphatic carbocycles. The molecule has 0 aromatic heterocycles. The van der Waals surface area contributed by atoms with Gasteiger partial charge in [0.2, 0.25) is 0 Å². The molecule has 1 unspecified atom stereocenters. The third-order valence-electron chi connectivity index (χ3n) is 5.22. The Morgan fingerprint density at radius 1 is 1.33 bits per heavy atom. The Bertz CT molecular complexity index is 646. The number of nitro groups is 1. The monoisotopic (exact) mass is 395 g/mol. The number of morpholine rings is 1. The minimum absolute atomic E-state index is 0.122. The molecule has 1 aromatic carbocycles. The molecule has 1 aliphatic rings. The lowest BCUT2D eigenvalue weighted by molar-refractivity contribution is -0.385. The average Bonchev–Trinajstić information content (AvgIpc) is 2.70. The van der Waals surface area contributed by atoms with Crippen LogP contribution in [-0.4, -0.2) is 60.9 Å². The topological polar surface area (TPSA) is 84.7 Å². The van der Waals surface area contributed by atoms with Crippen LogP contribution in [0.3, 0.4) is 0 Å². The van der Waals surface area contributed by atoms with E-state index in [1.165, 1.54) is 17.8 Å². The summed E-state index contributed by atoms with van der Waals surface area (Å²) < 4.78 is 5.45. The Morgan fingerprint density at radius 2 is 2.00 bits per heavy atom. The van der Waals surface area contributed by atoms with E-state index in [0.717, 1.165) is 30.8 Å². The van der Waals surface area contributed by atoms with E-state index in [2.05, 4.69) is 24.1 Å². The highest BCUT2D eigenvalue weighted by Gasteiger charge is 2.28. The molecule has 27 heavy (non-hydrogen) atoms. The molecule has 1 N–H and O–H groups in total. The summed E-state index contributed by atoms with van der Waals surface area (Å²) in [6.45, 7) is 7.90. The number of ether oxygens (including phenoxy) is 1. The van der Waals surface area contributed by atoms with Crippen molar-refractivity contribution in [2.24, 2.45) is 5.92 Å². The summed E-state index contributed by atoms with van der Waals surface area (Å²) in [6.07, 6.45) is 3.93. The number of amides is 1. The van der Waals surface area contributed by atoms with E-state index in [9.17, 15) is 14.9 Å². The van der Waals surface area contributed by atoms with Gasteiger partial charge in [0.1, 0.15) is 5.56 Å². The highest BCUT2D eigenvalue weighted by molar-refractivity contribution is 7.98. The number of rotatable bonds is 9. The number of hydrogen-bond donors (Lipinski definition) is 1. The molecule has 1 aliphatic heterocycles. The Balaban J connectivity index is 2.16. The smallest absolute Gasteiger partial charge is 0.282 e. The van der Waals surface area contributed by atoms with Crippen molar-refractivity contribution >= 4 is 23.4 Å². The van der Waals surface area contributed by atoms with Gasteiger partial charge < -0.3 is 10.1 Å². The molecule has 150 valence electrons. The number of carbonyl (C=O) groups is 1. The predicted molar refractivity (Wildman–Crippen MR) is 107 cm³/mol. The summed E-state index contributed by atoms with van der Waals surface area (Å²) in [5.41, 5.74) is -0.0344. The van der Waals surface area contributed by atoms with E-state index < -0.39 is 4.92 Å². The Hall–Kier alpha value is -1.64. The van der Waals surface area contributed by atoms with Crippen LogP contribution in [0.1, 0.15) is 37.0 Å². The molecule has 0 spiro atoms. The first-order chi connectivity index (χ1) is 13.0. The van der Waals surface area contributed by atoms with Crippen molar-refractivity contribution in [1.29, 1.82) is 0 Å². The number of nitrogens with one attached hydrogen (secondary N) is 1. The zero-order valence-electron chi connectivity index (χ0n) is 16.3. The third kappa shape index (κ3) is 5.67. The molecule has 0 saturated carbocycles. The van der Waals surface area contributed by atoms with Crippen molar-refractivity contribution in [2.45, 2.75) is 37.6 Å². The molecule has 1 fully saturated rings. The van der Waals surface area contributed by atoms with Gasteiger partial charge in [-0.1, -0.05) is 26.7 Å². The number of carbonyl (C=O) groups excluding carboxylic acids is 1. The van der Waals surface area contributed by atoms with Gasteiger partial charge >= 0.3 is 0 Å². The summed E-state index contributed by atoms with van der Waals surface area (Å²) in [7, 11) is 0. The number of thioether (sulfide) groups is 1. The van der Waals surface area contributed by atoms with Crippen molar-refractivity contribution in [1.82, 2.24) is 10.2 Å². The number of nitrogens with zero attached hydrogens (tertiary/aromatic N) is 2. The van der Waals surface area contributed by atoms with Gasteiger partial charge in [0.05, 0.1) is 18.1 Å². The van der Waals surface area contributed by atoms with Crippen LogP contribution >= 0.6 is 11.8 Å². The van der Waals surface area contributed by atoms with Gasteiger partial charge in [0.25, 0.3) is 11.6 Å². The first-order valence-electron chi connectivity index (χ1n) is 9.44. The van der Waals surface area contributed by atoms with Crippen LogP contribution in [-0.2, 0) is 4.74 Å². The van der Waals surface area contributed by atoms with Gasteiger partial charge in [-0.3, -0.25) is 19.8 Å². The molecule has 8 heteroatoms. The summed E-state index contributed by atoms with van der Waals surface area (Å²) in [6, 6.07) is 4.87. The lowest BCUT2D eigenvalue weighted by Crippen LogP contribution is -2.52. The van der Waals surface area contributed by atoms with E-state index in [0.29, 0.717) is 25.7 Å².